The van der Waals surface area contributed by atoms with Crippen LogP contribution in [0, 0.1) is 6.92 Å². The van der Waals surface area contributed by atoms with Crippen LogP contribution in [0.5, 0.6) is 0 Å². The molecule has 7 nitrogen and oxygen atoms in total. The summed E-state index contributed by atoms with van der Waals surface area (Å²) in [5, 5.41) is 4.55. The lowest BCUT2D eigenvalue weighted by Gasteiger charge is -2.33. The molecule has 4 rings (SSSR count). The summed E-state index contributed by atoms with van der Waals surface area (Å²) >= 11 is 0. The number of amides is 2. The van der Waals surface area contributed by atoms with E-state index in [2.05, 4.69) is 5.32 Å². The molecule has 0 bridgehead atoms. The molecule has 0 saturated heterocycles. The van der Waals surface area contributed by atoms with Gasteiger partial charge in [0.2, 0.25) is 21.8 Å². The highest BCUT2D eigenvalue weighted by atomic mass is 32.2. The first-order chi connectivity index (χ1) is 19.7. The molecule has 0 aliphatic heterocycles. The molecule has 0 aromatic heterocycles. The van der Waals surface area contributed by atoms with Crippen LogP contribution < -0.4 is 9.62 Å². The van der Waals surface area contributed by atoms with Gasteiger partial charge in [-0.2, -0.15) is 0 Å². The molecule has 0 aliphatic carbocycles. The number of rotatable bonds is 12. The lowest BCUT2D eigenvalue weighted by Crippen LogP contribution is -2.53. The zero-order chi connectivity index (χ0) is 29.4. The molecular weight excluding hydrogens is 534 g/mol. The number of carbonyl (C=O) groups excluding carboxylic acids is 2. The maximum absolute atomic E-state index is 14.2. The summed E-state index contributed by atoms with van der Waals surface area (Å²) < 4.78 is 27.4. The van der Waals surface area contributed by atoms with E-state index < -0.39 is 28.5 Å². The maximum atomic E-state index is 14.2. The number of anilines is 1. The van der Waals surface area contributed by atoms with E-state index in [1.807, 2.05) is 98.8 Å². The summed E-state index contributed by atoms with van der Waals surface area (Å²) in [6.45, 7) is 4.13. The van der Waals surface area contributed by atoms with E-state index in [9.17, 15) is 18.0 Å². The zero-order valence-corrected chi connectivity index (χ0v) is 24.6. The summed E-state index contributed by atoms with van der Waals surface area (Å²) in [6.07, 6.45) is 2.14. The Morgan fingerprint density at radius 1 is 0.854 bits per heavy atom. The van der Waals surface area contributed by atoms with E-state index in [-0.39, 0.29) is 12.5 Å². The Morgan fingerprint density at radius 3 is 2.22 bits per heavy atom. The van der Waals surface area contributed by atoms with E-state index in [4.69, 9.17) is 0 Å². The van der Waals surface area contributed by atoms with E-state index in [0.717, 1.165) is 44.4 Å². The average molecular weight is 572 g/mol. The average Bonchev–Trinajstić information content (AvgIpc) is 2.96. The zero-order valence-electron chi connectivity index (χ0n) is 23.8. The summed E-state index contributed by atoms with van der Waals surface area (Å²) in [5.74, 6) is -0.731. The van der Waals surface area contributed by atoms with Crippen LogP contribution in [-0.2, 0) is 32.6 Å². The summed E-state index contributed by atoms with van der Waals surface area (Å²) in [5.41, 5.74) is 3.21. The van der Waals surface area contributed by atoms with Gasteiger partial charge in [0.1, 0.15) is 12.6 Å². The lowest BCUT2D eigenvalue weighted by molar-refractivity contribution is -0.140. The smallest absolute Gasteiger partial charge is 0.244 e. The third-order valence-electron chi connectivity index (χ3n) is 6.97. The molecule has 0 heterocycles. The van der Waals surface area contributed by atoms with Crippen LogP contribution in [0.15, 0.2) is 97.1 Å². The van der Waals surface area contributed by atoms with Crippen LogP contribution in [-0.4, -0.2) is 50.5 Å². The Bertz CT molecular complexity index is 1600. The van der Waals surface area contributed by atoms with Crippen molar-refractivity contribution in [2.45, 2.75) is 39.3 Å². The molecule has 0 fully saturated rings. The molecule has 1 N–H and O–H groups in total. The van der Waals surface area contributed by atoms with Crippen molar-refractivity contribution in [2.24, 2.45) is 0 Å². The number of aryl methyl sites for hydroxylation is 1. The lowest BCUT2D eigenvalue weighted by atomic mass is 10.0. The molecule has 8 heteroatoms. The second kappa shape index (κ2) is 13.5. The van der Waals surface area contributed by atoms with Crippen LogP contribution in [0.2, 0.25) is 0 Å². The Labute approximate surface area is 242 Å². The topological polar surface area (TPSA) is 86.8 Å². The first-order valence-corrected chi connectivity index (χ1v) is 15.6. The molecular formula is C33H37N3O4S. The Hall–Kier alpha value is -4.17. The van der Waals surface area contributed by atoms with Gasteiger partial charge in [-0.25, -0.2) is 8.42 Å². The standard InChI is InChI=1S/C33H37N3O4S/c1-4-20-34-33(38)31(22-26-13-6-5-7-14-26)35(23-27-15-10-12-25(2)21-27)32(37)24-36(41(3,39)40)30-19-11-17-28-16-8-9-18-29(28)30/h5-19,21,31H,4,20,22-24H2,1-3H3,(H,34,38). The van der Waals surface area contributed by atoms with Crippen molar-refractivity contribution in [3.05, 3.63) is 114 Å². The van der Waals surface area contributed by atoms with Crippen molar-refractivity contribution >= 4 is 38.3 Å². The predicted octanol–water partition coefficient (Wildman–Crippen LogP) is 5.08. The van der Waals surface area contributed by atoms with Crippen LogP contribution in [0.4, 0.5) is 5.69 Å². The minimum Gasteiger partial charge on any atom is -0.354 e. The fourth-order valence-electron chi connectivity index (χ4n) is 4.95. The number of nitrogens with zero attached hydrogens (tertiary/aromatic N) is 2. The molecule has 214 valence electrons. The SMILES string of the molecule is CCCNC(=O)C(Cc1ccccc1)N(Cc1cccc(C)c1)C(=O)CN(c1cccc2ccccc12)S(C)(=O)=O. The number of hydrogen-bond donors (Lipinski definition) is 1. The van der Waals surface area contributed by atoms with Crippen LogP contribution in [0.25, 0.3) is 10.8 Å². The van der Waals surface area contributed by atoms with Crippen molar-refractivity contribution in [2.75, 3.05) is 23.7 Å². The van der Waals surface area contributed by atoms with Crippen molar-refractivity contribution in [3.8, 4) is 0 Å². The van der Waals surface area contributed by atoms with Gasteiger partial charge in [0.15, 0.2) is 0 Å². The number of hydrogen-bond acceptors (Lipinski definition) is 4. The van der Waals surface area contributed by atoms with Gasteiger partial charge in [-0.15, -0.1) is 0 Å². The second-order valence-corrected chi connectivity index (χ2v) is 12.2. The van der Waals surface area contributed by atoms with Crippen molar-refractivity contribution in [3.63, 3.8) is 0 Å². The summed E-state index contributed by atoms with van der Waals surface area (Å²) in [6, 6.07) is 29.3. The first-order valence-electron chi connectivity index (χ1n) is 13.8. The third kappa shape index (κ3) is 7.73. The van der Waals surface area contributed by atoms with E-state index >= 15 is 0 Å². The molecule has 4 aromatic rings. The van der Waals surface area contributed by atoms with E-state index in [0.29, 0.717) is 18.7 Å². The van der Waals surface area contributed by atoms with Gasteiger partial charge < -0.3 is 10.2 Å². The van der Waals surface area contributed by atoms with Gasteiger partial charge in [0.05, 0.1) is 11.9 Å². The van der Waals surface area contributed by atoms with E-state index in [1.54, 1.807) is 12.1 Å². The number of nitrogens with one attached hydrogen (secondary N) is 1. The number of carbonyl (C=O) groups is 2. The molecule has 0 spiro atoms. The molecule has 1 unspecified atom stereocenters. The minimum absolute atomic E-state index is 0.157. The van der Waals surface area contributed by atoms with Gasteiger partial charge in [-0.1, -0.05) is 103 Å². The predicted molar refractivity (Wildman–Crippen MR) is 165 cm³/mol. The molecule has 1 atom stereocenters. The molecule has 0 radical (unpaired) electrons. The molecule has 2 amide bonds. The van der Waals surface area contributed by atoms with Gasteiger partial charge in [-0.05, 0) is 35.9 Å². The molecule has 0 aliphatic rings. The van der Waals surface area contributed by atoms with Crippen LogP contribution in [0.3, 0.4) is 0 Å². The highest BCUT2D eigenvalue weighted by Gasteiger charge is 2.33. The van der Waals surface area contributed by atoms with Crippen molar-refractivity contribution < 1.29 is 18.0 Å². The Balaban J connectivity index is 1.77. The minimum atomic E-state index is -3.85. The quantitative estimate of drug-likeness (QED) is 0.257. The number of benzene rings is 4. The molecule has 41 heavy (non-hydrogen) atoms. The molecule has 0 saturated carbocycles. The van der Waals surface area contributed by atoms with Gasteiger partial charge in [0, 0.05) is 24.9 Å². The molecule has 4 aromatic carbocycles. The van der Waals surface area contributed by atoms with Crippen LogP contribution in [0.1, 0.15) is 30.0 Å². The second-order valence-electron chi connectivity index (χ2n) is 10.3. The normalized spacial score (nSPS) is 12.1. The highest BCUT2D eigenvalue weighted by Crippen LogP contribution is 2.29. The van der Waals surface area contributed by atoms with Crippen molar-refractivity contribution in [1.82, 2.24) is 10.2 Å². The number of fused-ring (bicyclic) bond motifs is 1. The largest absolute Gasteiger partial charge is 0.354 e. The Kier molecular flexibility index (Phi) is 9.78. The van der Waals surface area contributed by atoms with Crippen molar-refractivity contribution in [1.29, 1.82) is 0 Å². The fourth-order valence-corrected chi connectivity index (χ4v) is 5.81. The fraction of sp³-hybridized carbons (Fsp3) is 0.273. The third-order valence-corrected chi connectivity index (χ3v) is 8.10. The van der Waals surface area contributed by atoms with E-state index in [1.165, 1.54) is 4.90 Å². The van der Waals surface area contributed by atoms with Crippen LogP contribution >= 0.6 is 0 Å². The van der Waals surface area contributed by atoms with Gasteiger partial charge in [-0.3, -0.25) is 13.9 Å². The highest BCUT2D eigenvalue weighted by molar-refractivity contribution is 7.92. The summed E-state index contributed by atoms with van der Waals surface area (Å²) in [4.78, 5) is 29.4. The Morgan fingerprint density at radius 2 is 1.51 bits per heavy atom. The summed E-state index contributed by atoms with van der Waals surface area (Å²) in [7, 11) is -3.85. The number of sulfonamides is 1. The van der Waals surface area contributed by atoms with Gasteiger partial charge in [0.25, 0.3) is 0 Å². The maximum Gasteiger partial charge on any atom is 0.244 e. The first kappa shape index (κ1) is 29.8. The van der Waals surface area contributed by atoms with Gasteiger partial charge >= 0.3 is 0 Å². The monoisotopic (exact) mass is 571 g/mol.